The summed E-state index contributed by atoms with van der Waals surface area (Å²) in [5.41, 5.74) is 6.75. The van der Waals surface area contributed by atoms with Gasteiger partial charge in [0.15, 0.2) is 0 Å². The molecular formula is C17H28N2O4. The topological polar surface area (TPSA) is 82.8 Å². The van der Waals surface area contributed by atoms with Crippen LogP contribution in [0.15, 0.2) is 12.1 Å². The minimum Gasteiger partial charge on any atom is -0.496 e. The van der Waals surface area contributed by atoms with Gasteiger partial charge in [-0.05, 0) is 18.8 Å². The molecule has 0 unspecified atom stereocenters. The second kappa shape index (κ2) is 9.25. The molecule has 0 bridgehead atoms. The third-order valence-electron chi connectivity index (χ3n) is 3.55. The first-order valence-corrected chi connectivity index (χ1v) is 7.75. The fraction of sp³-hybridized carbons (Fsp3) is 0.588. The number of methoxy groups -OCH3 is 3. The predicted octanol–water partition coefficient (Wildman–Crippen LogP) is 1.74. The van der Waals surface area contributed by atoms with Gasteiger partial charge < -0.3 is 25.3 Å². The minimum atomic E-state index is -0.477. The fourth-order valence-corrected chi connectivity index (χ4v) is 2.38. The van der Waals surface area contributed by atoms with Crippen LogP contribution in [0.4, 0.5) is 0 Å². The summed E-state index contributed by atoms with van der Waals surface area (Å²) in [5.74, 6) is 2.25. The molecule has 23 heavy (non-hydrogen) atoms. The third kappa shape index (κ3) is 5.63. The molecule has 1 atom stereocenters. The first-order valence-electron chi connectivity index (χ1n) is 7.75. The number of nitrogens with one attached hydrogen (secondary N) is 1. The average molecular weight is 324 g/mol. The lowest BCUT2D eigenvalue weighted by atomic mass is 10.0. The van der Waals surface area contributed by atoms with Crippen LogP contribution in [0.5, 0.6) is 17.2 Å². The number of amides is 1. The average Bonchev–Trinajstić information content (AvgIpc) is 2.53. The van der Waals surface area contributed by atoms with Crippen molar-refractivity contribution in [2.45, 2.75) is 32.7 Å². The normalized spacial score (nSPS) is 12.0. The first kappa shape index (κ1) is 19.1. The summed E-state index contributed by atoms with van der Waals surface area (Å²) >= 11 is 0. The summed E-state index contributed by atoms with van der Waals surface area (Å²) < 4.78 is 16.0. The molecule has 0 radical (unpaired) electrons. The van der Waals surface area contributed by atoms with Crippen LogP contribution in [0.25, 0.3) is 0 Å². The Morgan fingerprint density at radius 2 is 1.70 bits per heavy atom. The molecule has 1 rings (SSSR count). The van der Waals surface area contributed by atoms with Crippen molar-refractivity contribution >= 4 is 5.91 Å². The zero-order chi connectivity index (χ0) is 17.4. The molecule has 6 nitrogen and oxygen atoms in total. The highest BCUT2D eigenvalue weighted by atomic mass is 16.5. The maximum atomic E-state index is 12.0. The molecule has 0 heterocycles. The van der Waals surface area contributed by atoms with Crippen molar-refractivity contribution in [1.82, 2.24) is 5.32 Å². The quantitative estimate of drug-likeness (QED) is 0.723. The molecular weight excluding hydrogens is 296 g/mol. The standard InChI is InChI=1S/C17H28N2O4/c1-11(2)8-14(18)17(20)19-7-6-13-15(22-4)9-12(21-3)10-16(13)23-5/h9-11,14H,6-8,18H2,1-5H3,(H,19,20)/t14-/m0/s1. The van der Waals surface area contributed by atoms with Crippen LogP contribution in [0.1, 0.15) is 25.8 Å². The lowest BCUT2D eigenvalue weighted by molar-refractivity contribution is -0.122. The molecule has 0 aliphatic carbocycles. The number of carbonyl (C=O) groups excluding carboxylic acids is 1. The zero-order valence-corrected chi connectivity index (χ0v) is 14.6. The number of rotatable bonds is 9. The van der Waals surface area contributed by atoms with E-state index in [-0.39, 0.29) is 5.91 Å². The van der Waals surface area contributed by atoms with Gasteiger partial charge in [-0.1, -0.05) is 13.8 Å². The lowest BCUT2D eigenvalue weighted by Crippen LogP contribution is -2.42. The van der Waals surface area contributed by atoms with Crippen LogP contribution in [0, 0.1) is 5.92 Å². The summed E-state index contributed by atoms with van der Waals surface area (Å²) in [6.07, 6.45) is 1.25. The Morgan fingerprint density at radius 3 is 2.13 bits per heavy atom. The van der Waals surface area contributed by atoms with Gasteiger partial charge in [-0.25, -0.2) is 0 Å². The third-order valence-corrected chi connectivity index (χ3v) is 3.55. The van der Waals surface area contributed by atoms with Crippen LogP contribution in [0.2, 0.25) is 0 Å². The SMILES string of the molecule is COc1cc(OC)c(CCNC(=O)[C@@H](N)CC(C)C)c(OC)c1. The van der Waals surface area contributed by atoms with E-state index < -0.39 is 6.04 Å². The Morgan fingerprint density at radius 1 is 1.13 bits per heavy atom. The van der Waals surface area contributed by atoms with Crippen LogP contribution in [-0.2, 0) is 11.2 Å². The van der Waals surface area contributed by atoms with Gasteiger partial charge in [0.05, 0.1) is 27.4 Å². The molecule has 0 spiro atoms. The van der Waals surface area contributed by atoms with Gasteiger partial charge in [0.25, 0.3) is 0 Å². The second-order valence-electron chi connectivity index (χ2n) is 5.79. The Labute approximate surface area is 138 Å². The van der Waals surface area contributed by atoms with Crippen LogP contribution in [-0.4, -0.2) is 39.8 Å². The van der Waals surface area contributed by atoms with E-state index in [9.17, 15) is 4.79 Å². The molecule has 1 aromatic carbocycles. The van der Waals surface area contributed by atoms with Crippen molar-refractivity contribution in [3.05, 3.63) is 17.7 Å². The van der Waals surface area contributed by atoms with E-state index >= 15 is 0 Å². The molecule has 0 aliphatic heterocycles. The Hall–Kier alpha value is -1.95. The number of ether oxygens (including phenoxy) is 3. The van der Waals surface area contributed by atoms with E-state index in [4.69, 9.17) is 19.9 Å². The number of carbonyl (C=O) groups is 1. The maximum absolute atomic E-state index is 12.0. The van der Waals surface area contributed by atoms with Crippen LogP contribution < -0.4 is 25.3 Å². The van der Waals surface area contributed by atoms with Crippen LogP contribution >= 0.6 is 0 Å². The summed E-state index contributed by atoms with van der Waals surface area (Å²) in [6.45, 7) is 4.55. The molecule has 0 fully saturated rings. The second-order valence-corrected chi connectivity index (χ2v) is 5.79. The fourth-order valence-electron chi connectivity index (χ4n) is 2.38. The highest BCUT2D eigenvalue weighted by Gasteiger charge is 2.16. The van der Waals surface area contributed by atoms with Crippen molar-refractivity contribution in [3.8, 4) is 17.2 Å². The number of nitrogens with two attached hydrogens (primary N) is 1. The number of hydrogen-bond acceptors (Lipinski definition) is 5. The molecule has 0 saturated carbocycles. The highest BCUT2D eigenvalue weighted by molar-refractivity contribution is 5.81. The van der Waals surface area contributed by atoms with Crippen molar-refractivity contribution in [1.29, 1.82) is 0 Å². The van der Waals surface area contributed by atoms with Gasteiger partial charge >= 0.3 is 0 Å². The molecule has 0 aromatic heterocycles. The summed E-state index contributed by atoms with van der Waals surface area (Å²) in [6, 6.07) is 3.11. The van der Waals surface area contributed by atoms with E-state index in [1.165, 1.54) is 0 Å². The number of hydrogen-bond donors (Lipinski definition) is 2. The van der Waals surface area contributed by atoms with Crippen LogP contribution in [0.3, 0.4) is 0 Å². The largest absolute Gasteiger partial charge is 0.496 e. The van der Waals surface area contributed by atoms with Crippen molar-refractivity contribution in [3.63, 3.8) is 0 Å². The van der Waals surface area contributed by atoms with Gasteiger partial charge in [0.2, 0.25) is 5.91 Å². The first-order chi connectivity index (χ1) is 10.9. The van der Waals surface area contributed by atoms with E-state index in [0.717, 1.165) is 5.56 Å². The Bertz CT molecular complexity index is 492. The highest BCUT2D eigenvalue weighted by Crippen LogP contribution is 2.34. The zero-order valence-electron chi connectivity index (χ0n) is 14.6. The van der Waals surface area contributed by atoms with Gasteiger partial charge in [0.1, 0.15) is 17.2 Å². The molecule has 1 amide bonds. The predicted molar refractivity (Wildman–Crippen MR) is 90.2 cm³/mol. The van der Waals surface area contributed by atoms with Gasteiger partial charge in [-0.15, -0.1) is 0 Å². The molecule has 130 valence electrons. The smallest absolute Gasteiger partial charge is 0.236 e. The van der Waals surface area contributed by atoms with Crippen molar-refractivity contribution < 1.29 is 19.0 Å². The number of benzene rings is 1. The van der Waals surface area contributed by atoms with Gasteiger partial charge in [0, 0.05) is 24.2 Å². The summed E-state index contributed by atoms with van der Waals surface area (Å²) in [7, 11) is 4.77. The van der Waals surface area contributed by atoms with Gasteiger partial charge in [-0.2, -0.15) is 0 Å². The monoisotopic (exact) mass is 324 g/mol. The molecule has 0 aliphatic rings. The Balaban J connectivity index is 2.72. The van der Waals surface area contributed by atoms with E-state index in [1.807, 2.05) is 13.8 Å². The van der Waals surface area contributed by atoms with E-state index in [2.05, 4.69) is 5.32 Å². The summed E-state index contributed by atoms with van der Waals surface area (Å²) in [5, 5.41) is 2.86. The van der Waals surface area contributed by atoms with Crippen molar-refractivity contribution in [2.75, 3.05) is 27.9 Å². The summed E-state index contributed by atoms with van der Waals surface area (Å²) in [4.78, 5) is 12.0. The van der Waals surface area contributed by atoms with E-state index in [1.54, 1.807) is 33.5 Å². The van der Waals surface area contributed by atoms with E-state index in [0.29, 0.717) is 42.6 Å². The molecule has 3 N–H and O–H groups in total. The van der Waals surface area contributed by atoms with Gasteiger partial charge in [-0.3, -0.25) is 4.79 Å². The molecule has 1 aromatic rings. The lowest BCUT2D eigenvalue weighted by Gasteiger charge is -2.17. The minimum absolute atomic E-state index is 0.134. The van der Waals surface area contributed by atoms with Crippen molar-refractivity contribution in [2.24, 2.45) is 11.7 Å². The maximum Gasteiger partial charge on any atom is 0.236 e. The Kier molecular flexibility index (Phi) is 7.68. The molecule has 6 heteroatoms. The molecule has 0 saturated heterocycles.